The molecule has 5 nitrogen and oxygen atoms in total. The van der Waals surface area contributed by atoms with Crippen LogP contribution in [0, 0.1) is 19.3 Å². The maximum atomic E-state index is 12.9. The van der Waals surface area contributed by atoms with Crippen molar-refractivity contribution in [1.82, 2.24) is 5.32 Å². The second kappa shape index (κ2) is 8.68. The Kier molecular flexibility index (Phi) is 6.26. The first kappa shape index (κ1) is 20.9. The van der Waals surface area contributed by atoms with Crippen molar-refractivity contribution in [2.75, 3.05) is 23.3 Å². The molecule has 1 fully saturated rings. The lowest BCUT2D eigenvalue weighted by Crippen LogP contribution is -2.39. The van der Waals surface area contributed by atoms with Crippen LogP contribution in [-0.4, -0.2) is 24.9 Å². The summed E-state index contributed by atoms with van der Waals surface area (Å²) in [6, 6.07) is 14.1. The Hall–Kier alpha value is -2.82. The first-order valence-electron chi connectivity index (χ1n) is 10.4. The number of carbonyl (C=O) groups is 2. The number of hydrogen-bond donors (Lipinski definition) is 2. The van der Waals surface area contributed by atoms with Crippen molar-refractivity contribution in [2.45, 2.75) is 47.1 Å². The average Bonchev–Trinajstić information content (AvgIpc) is 3.52. The van der Waals surface area contributed by atoms with Gasteiger partial charge in [-0.05, 0) is 69.9 Å². The predicted octanol–water partition coefficient (Wildman–Crippen LogP) is 4.18. The minimum Gasteiger partial charge on any atom is -0.372 e. The molecule has 1 aliphatic rings. The van der Waals surface area contributed by atoms with Gasteiger partial charge in [0.05, 0.1) is 0 Å². The Labute approximate surface area is 173 Å². The van der Waals surface area contributed by atoms with Gasteiger partial charge >= 0.3 is 0 Å². The molecular weight excluding hydrogens is 362 g/mol. The van der Waals surface area contributed by atoms with E-state index in [0.717, 1.165) is 35.6 Å². The van der Waals surface area contributed by atoms with Crippen LogP contribution in [0.25, 0.3) is 0 Å². The standard InChI is InChI=1S/C24H31N3O2/c1-5-27(6-2)20-11-12-21(18(4)15-20)26-23(29)24(13-14-24)22(28)25-16-19-9-7-17(3)8-10-19/h7-12,15H,5-6,13-14,16H2,1-4H3,(H,25,28)(H,26,29). The summed E-state index contributed by atoms with van der Waals surface area (Å²) in [5.74, 6) is -0.398. The van der Waals surface area contributed by atoms with Crippen LogP contribution in [0.3, 0.4) is 0 Å². The summed E-state index contributed by atoms with van der Waals surface area (Å²) in [6.45, 7) is 10.6. The third-order valence-electron chi connectivity index (χ3n) is 5.78. The third kappa shape index (κ3) is 4.61. The second-order valence-corrected chi connectivity index (χ2v) is 7.88. The summed E-state index contributed by atoms with van der Waals surface area (Å²) in [5, 5.41) is 5.92. The van der Waals surface area contributed by atoms with Crippen LogP contribution in [0.2, 0.25) is 0 Å². The van der Waals surface area contributed by atoms with E-state index < -0.39 is 5.41 Å². The molecule has 0 unspecified atom stereocenters. The molecule has 0 aliphatic heterocycles. The number of nitrogens with one attached hydrogen (secondary N) is 2. The fourth-order valence-corrected chi connectivity index (χ4v) is 3.56. The Morgan fingerprint density at radius 3 is 2.17 bits per heavy atom. The maximum absolute atomic E-state index is 12.9. The van der Waals surface area contributed by atoms with Crippen LogP contribution in [0.4, 0.5) is 11.4 Å². The first-order valence-corrected chi connectivity index (χ1v) is 10.4. The highest BCUT2D eigenvalue weighted by molar-refractivity contribution is 6.13. The third-order valence-corrected chi connectivity index (χ3v) is 5.78. The maximum Gasteiger partial charge on any atom is 0.240 e. The van der Waals surface area contributed by atoms with E-state index in [9.17, 15) is 9.59 Å². The molecule has 0 saturated heterocycles. The summed E-state index contributed by atoms with van der Waals surface area (Å²) in [4.78, 5) is 27.9. The molecule has 0 spiro atoms. The quantitative estimate of drug-likeness (QED) is 0.661. The fraction of sp³-hybridized carbons (Fsp3) is 0.417. The Balaban J connectivity index is 1.63. The van der Waals surface area contributed by atoms with Gasteiger partial charge < -0.3 is 15.5 Å². The van der Waals surface area contributed by atoms with Crippen molar-refractivity contribution in [1.29, 1.82) is 0 Å². The van der Waals surface area contributed by atoms with E-state index in [4.69, 9.17) is 0 Å². The van der Waals surface area contributed by atoms with E-state index in [2.05, 4.69) is 35.4 Å². The number of anilines is 2. The van der Waals surface area contributed by atoms with Crippen molar-refractivity contribution in [3.05, 3.63) is 59.2 Å². The lowest BCUT2D eigenvalue weighted by atomic mass is 10.0. The van der Waals surface area contributed by atoms with E-state index in [0.29, 0.717) is 19.4 Å². The summed E-state index contributed by atoms with van der Waals surface area (Å²) < 4.78 is 0. The highest BCUT2D eigenvalue weighted by Crippen LogP contribution is 2.47. The van der Waals surface area contributed by atoms with Crippen LogP contribution < -0.4 is 15.5 Å². The molecule has 3 rings (SSSR count). The van der Waals surface area contributed by atoms with Gasteiger partial charge in [-0.25, -0.2) is 0 Å². The molecule has 2 N–H and O–H groups in total. The number of benzene rings is 2. The smallest absolute Gasteiger partial charge is 0.240 e. The second-order valence-electron chi connectivity index (χ2n) is 7.88. The zero-order valence-corrected chi connectivity index (χ0v) is 17.8. The molecular formula is C24H31N3O2. The molecule has 1 saturated carbocycles. The minimum absolute atomic E-state index is 0.187. The van der Waals surface area contributed by atoms with Gasteiger partial charge in [-0.3, -0.25) is 9.59 Å². The number of aryl methyl sites for hydroxylation is 2. The number of hydrogen-bond acceptors (Lipinski definition) is 3. The van der Waals surface area contributed by atoms with Crippen LogP contribution in [0.15, 0.2) is 42.5 Å². The van der Waals surface area contributed by atoms with Crippen LogP contribution >= 0.6 is 0 Å². The minimum atomic E-state index is -0.936. The van der Waals surface area contributed by atoms with E-state index >= 15 is 0 Å². The van der Waals surface area contributed by atoms with E-state index in [-0.39, 0.29) is 11.8 Å². The number of nitrogens with zero attached hydrogens (tertiary/aromatic N) is 1. The van der Waals surface area contributed by atoms with Crippen LogP contribution in [-0.2, 0) is 16.1 Å². The van der Waals surface area contributed by atoms with E-state index in [1.807, 2.05) is 50.2 Å². The Morgan fingerprint density at radius 1 is 0.966 bits per heavy atom. The van der Waals surface area contributed by atoms with E-state index in [1.54, 1.807) is 0 Å². The number of amides is 2. The van der Waals surface area contributed by atoms with Gasteiger partial charge in [-0.2, -0.15) is 0 Å². The monoisotopic (exact) mass is 393 g/mol. The molecule has 2 aromatic carbocycles. The van der Waals surface area contributed by atoms with Gasteiger partial charge in [0.25, 0.3) is 0 Å². The molecule has 5 heteroatoms. The van der Waals surface area contributed by atoms with Gasteiger partial charge in [0.1, 0.15) is 5.41 Å². The van der Waals surface area contributed by atoms with E-state index in [1.165, 1.54) is 5.56 Å². The van der Waals surface area contributed by atoms with Gasteiger partial charge in [0.15, 0.2) is 0 Å². The normalized spacial score (nSPS) is 14.2. The molecule has 1 aliphatic carbocycles. The summed E-state index contributed by atoms with van der Waals surface area (Å²) in [7, 11) is 0. The molecule has 0 bridgehead atoms. The first-order chi connectivity index (χ1) is 13.9. The molecule has 2 amide bonds. The van der Waals surface area contributed by atoms with Gasteiger partial charge in [-0.15, -0.1) is 0 Å². The Bertz CT molecular complexity index is 881. The van der Waals surface area contributed by atoms with Gasteiger partial charge in [0.2, 0.25) is 11.8 Å². The summed E-state index contributed by atoms with van der Waals surface area (Å²) in [6.07, 6.45) is 1.18. The lowest BCUT2D eigenvalue weighted by molar-refractivity contribution is -0.134. The lowest BCUT2D eigenvalue weighted by Gasteiger charge is -2.22. The SMILES string of the molecule is CCN(CC)c1ccc(NC(=O)C2(C(=O)NCc3ccc(C)cc3)CC2)c(C)c1. The molecule has 0 radical (unpaired) electrons. The topological polar surface area (TPSA) is 61.4 Å². The molecule has 0 heterocycles. The van der Waals surface area contributed by atoms with Crippen molar-refractivity contribution < 1.29 is 9.59 Å². The largest absolute Gasteiger partial charge is 0.372 e. The van der Waals surface area contributed by atoms with Crippen LogP contribution in [0.1, 0.15) is 43.4 Å². The number of rotatable bonds is 8. The summed E-state index contributed by atoms with van der Waals surface area (Å²) >= 11 is 0. The highest BCUT2D eigenvalue weighted by Gasteiger charge is 2.56. The highest BCUT2D eigenvalue weighted by atomic mass is 16.2. The summed E-state index contributed by atoms with van der Waals surface area (Å²) in [5.41, 5.74) is 4.18. The average molecular weight is 394 g/mol. The predicted molar refractivity (Wildman–Crippen MR) is 118 cm³/mol. The molecule has 154 valence electrons. The van der Waals surface area contributed by atoms with Gasteiger partial charge in [0, 0.05) is 31.0 Å². The van der Waals surface area contributed by atoms with Crippen molar-refractivity contribution >= 4 is 23.2 Å². The molecule has 0 atom stereocenters. The number of carbonyl (C=O) groups excluding carboxylic acids is 2. The zero-order valence-electron chi connectivity index (χ0n) is 17.8. The van der Waals surface area contributed by atoms with Crippen LogP contribution in [0.5, 0.6) is 0 Å². The van der Waals surface area contributed by atoms with Crippen molar-refractivity contribution in [3.63, 3.8) is 0 Å². The zero-order chi connectivity index (χ0) is 21.0. The molecule has 29 heavy (non-hydrogen) atoms. The van der Waals surface area contributed by atoms with Crippen molar-refractivity contribution in [2.24, 2.45) is 5.41 Å². The molecule has 2 aromatic rings. The molecule has 0 aromatic heterocycles. The fourth-order valence-electron chi connectivity index (χ4n) is 3.56. The Morgan fingerprint density at radius 2 is 1.62 bits per heavy atom. The van der Waals surface area contributed by atoms with Gasteiger partial charge in [-0.1, -0.05) is 29.8 Å². The van der Waals surface area contributed by atoms with Crippen molar-refractivity contribution in [3.8, 4) is 0 Å².